The van der Waals surface area contributed by atoms with Gasteiger partial charge in [0.15, 0.2) is 0 Å². The zero-order valence-electron chi connectivity index (χ0n) is 8.53. The van der Waals surface area contributed by atoms with Crippen molar-refractivity contribution < 1.29 is 4.74 Å². The van der Waals surface area contributed by atoms with Gasteiger partial charge in [-0.1, -0.05) is 0 Å². The van der Waals surface area contributed by atoms with Crippen LogP contribution in [0.5, 0.6) is 0 Å². The number of rotatable bonds is 5. The molecule has 78 valence electrons. The number of nitrogens with zero attached hydrogens (tertiary/aromatic N) is 2. The van der Waals surface area contributed by atoms with Crippen LogP contribution in [0.3, 0.4) is 0 Å². The van der Waals surface area contributed by atoms with E-state index < -0.39 is 0 Å². The second kappa shape index (κ2) is 5.64. The molecule has 14 heavy (non-hydrogen) atoms. The fraction of sp³-hybridized carbons (Fsp3) is 0.556. The molecule has 0 aliphatic carbocycles. The van der Waals surface area contributed by atoms with Gasteiger partial charge >= 0.3 is 0 Å². The molecule has 0 saturated heterocycles. The van der Waals surface area contributed by atoms with E-state index in [1.165, 1.54) is 0 Å². The lowest BCUT2D eigenvalue weighted by Gasteiger charge is -2.13. The lowest BCUT2D eigenvalue weighted by atomic mass is 10.3. The molecule has 1 unspecified atom stereocenters. The van der Waals surface area contributed by atoms with E-state index in [-0.39, 0.29) is 6.04 Å². The van der Waals surface area contributed by atoms with E-state index in [0.717, 1.165) is 5.56 Å². The third kappa shape index (κ3) is 3.02. The van der Waals surface area contributed by atoms with Crippen molar-refractivity contribution in [3.8, 4) is 0 Å². The highest BCUT2D eigenvalue weighted by molar-refractivity contribution is 5.04. The van der Waals surface area contributed by atoms with Crippen molar-refractivity contribution in [3.63, 3.8) is 0 Å². The molecule has 0 fully saturated rings. The third-order valence-electron chi connectivity index (χ3n) is 1.80. The first-order valence-corrected chi connectivity index (χ1v) is 4.60. The highest BCUT2D eigenvalue weighted by atomic mass is 16.5. The van der Waals surface area contributed by atoms with Crippen LogP contribution in [0.1, 0.15) is 24.4 Å². The first-order chi connectivity index (χ1) is 6.77. The first-order valence-electron chi connectivity index (χ1n) is 4.60. The second-order valence-electron chi connectivity index (χ2n) is 3.00. The van der Waals surface area contributed by atoms with Crippen LogP contribution in [0.15, 0.2) is 12.4 Å². The summed E-state index contributed by atoms with van der Waals surface area (Å²) in [7, 11) is 0. The molecule has 0 radical (unpaired) electrons. The van der Waals surface area contributed by atoms with Crippen LogP contribution < -0.4 is 11.3 Å². The largest absolute Gasteiger partial charge is 0.380 e. The number of nitrogens with two attached hydrogens (primary N) is 1. The molecule has 5 nitrogen and oxygen atoms in total. The predicted octanol–water partition coefficient (Wildman–Crippen LogP) is 0.326. The molecule has 0 aromatic carbocycles. The zero-order chi connectivity index (χ0) is 10.4. The Morgan fingerprint density at radius 1 is 1.50 bits per heavy atom. The van der Waals surface area contributed by atoms with Crippen molar-refractivity contribution in [3.05, 3.63) is 23.8 Å². The van der Waals surface area contributed by atoms with Crippen molar-refractivity contribution in [2.75, 3.05) is 13.2 Å². The maximum Gasteiger partial charge on any atom is 0.148 e. The number of hydrogen-bond acceptors (Lipinski definition) is 5. The SMILES string of the molecule is CCOCC(NN)c1ncc(C)cn1. The third-order valence-corrected chi connectivity index (χ3v) is 1.80. The lowest BCUT2D eigenvalue weighted by molar-refractivity contribution is 0.120. The van der Waals surface area contributed by atoms with Crippen molar-refractivity contribution in [1.29, 1.82) is 0 Å². The minimum absolute atomic E-state index is 0.143. The predicted molar refractivity (Wildman–Crippen MR) is 53.3 cm³/mol. The van der Waals surface area contributed by atoms with Gasteiger partial charge in [-0.2, -0.15) is 0 Å². The Morgan fingerprint density at radius 2 is 2.14 bits per heavy atom. The number of hydrogen-bond donors (Lipinski definition) is 2. The van der Waals surface area contributed by atoms with E-state index in [0.29, 0.717) is 19.0 Å². The molecule has 1 rings (SSSR count). The molecule has 0 bridgehead atoms. The number of aryl methyl sites for hydroxylation is 1. The minimum atomic E-state index is -0.143. The highest BCUT2D eigenvalue weighted by Gasteiger charge is 2.11. The standard InChI is InChI=1S/C9H16N4O/c1-3-14-6-8(13-10)9-11-4-7(2)5-12-9/h4-5,8,13H,3,6,10H2,1-2H3. The smallest absolute Gasteiger partial charge is 0.148 e. The summed E-state index contributed by atoms with van der Waals surface area (Å²) in [4.78, 5) is 8.34. The average molecular weight is 196 g/mol. The quantitative estimate of drug-likeness (QED) is 0.524. The molecule has 1 atom stereocenters. The summed E-state index contributed by atoms with van der Waals surface area (Å²) in [5.74, 6) is 6.03. The van der Waals surface area contributed by atoms with Gasteiger partial charge in [0.2, 0.25) is 0 Å². The van der Waals surface area contributed by atoms with Crippen molar-refractivity contribution in [2.45, 2.75) is 19.9 Å². The fourth-order valence-corrected chi connectivity index (χ4v) is 1.02. The van der Waals surface area contributed by atoms with Gasteiger partial charge < -0.3 is 4.74 Å². The first kappa shape index (κ1) is 11.0. The Balaban J connectivity index is 2.64. The van der Waals surface area contributed by atoms with E-state index >= 15 is 0 Å². The Morgan fingerprint density at radius 3 is 2.64 bits per heavy atom. The summed E-state index contributed by atoms with van der Waals surface area (Å²) in [5, 5.41) is 0. The van der Waals surface area contributed by atoms with Gasteiger partial charge in [-0.25, -0.2) is 15.4 Å². The number of hydrazine groups is 1. The summed E-state index contributed by atoms with van der Waals surface area (Å²) in [6.07, 6.45) is 3.53. The van der Waals surface area contributed by atoms with Crippen molar-refractivity contribution in [2.24, 2.45) is 5.84 Å². The monoisotopic (exact) mass is 196 g/mol. The summed E-state index contributed by atoms with van der Waals surface area (Å²) in [6, 6.07) is -0.143. The Bertz CT molecular complexity index is 262. The topological polar surface area (TPSA) is 73.1 Å². The van der Waals surface area contributed by atoms with E-state index in [1.807, 2.05) is 13.8 Å². The van der Waals surface area contributed by atoms with Crippen molar-refractivity contribution in [1.82, 2.24) is 15.4 Å². The fourth-order valence-electron chi connectivity index (χ4n) is 1.02. The molecule has 1 heterocycles. The normalized spacial score (nSPS) is 12.8. The van der Waals surface area contributed by atoms with Crippen LogP contribution in [-0.2, 0) is 4.74 Å². The maximum absolute atomic E-state index is 5.37. The Hall–Kier alpha value is -1.04. The molecule has 3 N–H and O–H groups in total. The van der Waals surface area contributed by atoms with Gasteiger partial charge in [-0.05, 0) is 19.4 Å². The van der Waals surface area contributed by atoms with Crippen LogP contribution in [0, 0.1) is 6.92 Å². The Kier molecular flexibility index (Phi) is 4.45. The summed E-state index contributed by atoms with van der Waals surface area (Å²) < 4.78 is 5.25. The zero-order valence-corrected chi connectivity index (χ0v) is 8.53. The van der Waals surface area contributed by atoms with Gasteiger partial charge in [0.05, 0.1) is 6.61 Å². The van der Waals surface area contributed by atoms with Crippen LogP contribution in [0.25, 0.3) is 0 Å². The summed E-state index contributed by atoms with van der Waals surface area (Å²) >= 11 is 0. The average Bonchev–Trinajstić information content (AvgIpc) is 2.21. The maximum atomic E-state index is 5.37. The molecule has 0 spiro atoms. The molecule has 1 aromatic rings. The van der Waals surface area contributed by atoms with E-state index in [1.54, 1.807) is 12.4 Å². The van der Waals surface area contributed by atoms with Crippen LogP contribution in [-0.4, -0.2) is 23.2 Å². The highest BCUT2D eigenvalue weighted by Crippen LogP contribution is 2.06. The van der Waals surface area contributed by atoms with E-state index in [2.05, 4.69) is 15.4 Å². The van der Waals surface area contributed by atoms with E-state index in [4.69, 9.17) is 10.6 Å². The van der Waals surface area contributed by atoms with Crippen LogP contribution in [0.2, 0.25) is 0 Å². The summed E-state index contributed by atoms with van der Waals surface area (Å²) in [5.41, 5.74) is 3.65. The van der Waals surface area contributed by atoms with Gasteiger partial charge in [-0.15, -0.1) is 0 Å². The molecular weight excluding hydrogens is 180 g/mol. The summed E-state index contributed by atoms with van der Waals surface area (Å²) in [6.45, 7) is 5.01. The van der Waals surface area contributed by atoms with Crippen molar-refractivity contribution >= 4 is 0 Å². The Labute approximate surface area is 83.7 Å². The molecule has 0 amide bonds. The second-order valence-corrected chi connectivity index (χ2v) is 3.00. The van der Waals surface area contributed by atoms with Gasteiger partial charge in [0.1, 0.15) is 11.9 Å². The molecule has 0 aliphatic rings. The number of nitrogens with one attached hydrogen (secondary N) is 1. The lowest BCUT2D eigenvalue weighted by Crippen LogP contribution is -2.32. The van der Waals surface area contributed by atoms with Crippen LogP contribution >= 0.6 is 0 Å². The van der Waals surface area contributed by atoms with Gasteiger partial charge in [0.25, 0.3) is 0 Å². The van der Waals surface area contributed by atoms with Gasteiger partial charge in [0, 0.05) is 19.0 Å². The van der Waals surface area contributed by atoms with Gasteiger partial charge in [-0.3, -0.25) is 5.84 Å². The number of ether oxygens (including phenoxy) is 1. The molecule has 0 saturated carbocycles. The molecular formula is C9H16N4O. The van der Waals surface area contributed by atoms with Crippen LogP contribution in [0.4, 0.5) is 0 Å². The number of aromatic nitrogens is 2. The molecule has 0 aliphatic heterocycles. The molecule has 5 heteroatoms. The van der Waals surface area contributed by atoms with E-state index in [9.17, 15) is 0 Å². The molecule has 1 aromatic heterocycles. The minimum Gasteiger partial charge on any atom is -0.380 e.